The highest BCUT2D eigenvalue weighted by molar-refractivity contribution is 5.93. The highest BCUT2D eigenvalue weighted by Crippen LogP contribution is 2.26. The molecular weight excluding hydrogens is 423 g/mol. The van der Waals surface area contributed by atoms with Gasteiger partial charge in [-0.3, -0.25) is 9.98 Å². The normalized spacial score (nSPS) is 12.4. The molecule has 33 heavy (non-hydrogen) atoms. The molecule has 0 aliphatic rings. The van der Waals surface area contributed by atoms with Crippen LogP contribution in [-0.4, -0.2) is 51.6 Å². The fraction of sp³-hybridized carbons (Fsp3) is 0.333. The van der Waals surface area contributed by atoms with Gasteiger partial charge in [0.25, 0.3) is 0 Å². The van der Waals surface area contributed by atoms with Gasteiger partial charge in [0.05, 0.1) is 12.9 Å². The third kappa shape index (κ3) is 7.13. The predicted octanol–water partition coefficient (Wildman–Crippen LogP) is 3.87. The lowest BCUT2D eigenvalue weighted by Gasteiger charge is -2.21. The van der Waals surface area contributed by atoms with E-state index < -0.39 is 6.09 Å². The van der Waals surface area contributed by atoms with Crippen LogP contribution >= 0.6 is 0 Å². The van der Waals surface area contributed by atoms with Gasteiger partial charge in [0, 0.05) is 42.8 Å². The lowest BCUT2D eigenvalue weighted by Crippen LogP contribution is -2.43. The number of amides is 1. The highest BCUT2D eigenvalue weighted by Gasteiger charge is 2.19. The first-order valence-electron chi connectivity index (χ1n) is 11.0. The van der Waals surface area contributed by atoms with Crippen LogP contribution < -0.4 is 5.73 Å². The molecule has 0 aliphatic carbocycles. The second-order valence-corrected chi connectivity index (χ2v) is 7.42. The van der Waals surface area contributed by atoms with Gasteiger partial charge in [-0.15, -0.1) is 0 Å². The molecule has 0 saturated carbocycles. The molecule has 0 aliphatic heterocycles. The second-order valence-electron chi connectivity index (χ2n) is 7.42. The Bertz CT molecular complexity index is 1010. The van der Waals surface area contributed by atoms with Crippen LogP contribution in [0.15, 0.2) is 66.2 Å². The van der Waals surface area contributed by atoms with Crippen molar-refractivity contribution < 1.29 is 13.9 Å². The van der Waals surface area contributed by atoms with Gasteiger partial charge in [-0.25, -0.2) is 19.1 Å². The Balaban J connectivity index is 1.68. The maximum absolute atomic E-state index is 13.4. The van der Waals surface area contributed by atoms with Crippen molar-refractivity contribution >= 4 is 12.1 Å². The molecule has 1 aromatic carbocycles. The summed E-state index contributed by atoms with van der Waals surface area (Å²) < 4.78 is 18.6. The van der Waals surface area contributed by atoms with Crippen molar-refractivity contribution in [2.75, 3.05) is 19.7 Å². The molecule has 0 saturated heterocycles. The third-order valence-electron chi connectivity index (χ3n) is 5.16. The third-order valence-corrected chi connectivity index (χ3v) is 5.16. The van der Waals surface area contributed by atoms with E-state index in [0.29, 0.717) is 25.9 Å². The van der Waals surface area contributed by atoms with Crippen LogP contribution in [0, 0.1) is 5.82 Å². The number of aromatic amines is 1. The van der Waals surface area contributed by atoms with Crippen molar-refractivity contribution in [3.8, 4) is 0 Å². The summed E-state index contributed by atoms with van der Waals surface area (Å²) in [5.41, 5.74) is 8.96. The summed E-state index contributed by atoms with van der Waals surface area (Å²) >= 11 is 0. The average molecular weight is 453 g/mol. The van der Waals surface area contributed by atoms with E-state index in [9.17, 15) is 9.18 Å². The van der Waals surface area contributed by atoms with Crippen LogP contribution in [0.5, 0.6) is 0 Å². The second kappa shape index (κ2) is 12.3. The van der Waals surface area contributed by atoms with Crippen LogP contribution in [0.25, 0.3) is 0 Å². The number of aryl methyl sites for hydroxylation is 1. The minimum atomic E-state index is -0.525. The van der Waals surface area contributed by atoms with Crippen molar-refractivity contribution in [2.24, 2.45) is 10.7 Å². The van der Waals surface area contributed by atoms with Gasteiger partial charge in [-0.1, -0.05) is 18.2 Å². The van der Waals surface area contributed by atoms with Gasteiger partial charge in [0.15, 0.2) is 0 Å². The fourth-order valence-corrected chi connectivity index (χ4v) is 3.51. The number of nitrogens with one attached hydrogen (secondary N) is 1. The van der Waals surface area contributed by atoms with Gasteiger partial charge in [-0.05, 0) is 56.0 Å². The molecule has 2 heterocycles. The first kappa shape index (κ1) is 23.9. The molecule has 3 N–H and O–H groups in total. The van der Waals surface area contributed by atoms with Crippen LogP contribution in [0.1, 0.15) is 42.6 Å². The number of pyridine rings is 1. The van der Waals surface area contributed by atoms with Gasteiger partial charge in [-0.2, -0.15) is 0 Å². The van der Waals surface area contributed by atoms with Crippen molar-refractivity contribution in [2.45, 2.75) is 32.1 Å². The van der Waals surface area contributed by atoms with Gasteiger partial charge < -0.3 is 15.5 Å². The topological polar surface area (TPSA) is 109 Å². The van der Waals surface area contributed by atoms with E-state index in [-0.39, 0.29) is 24.3 Å². The zero-order valence-corrected chi connectivity index (χ0v) is 18.7. The number of carbonyl (C=O) groups is 1. The van der Waals surface area contributed by atoms with E-state index >= 15 is 0 Å². The van der Waals surface area contributed by atoms with E-state index in [1.807, 2.05) is 18.2 Å². The number of guanidine groups is 1. The minimum absolute atomic E-state index is 0.0835. The Hall–Kier alpha value is -3.75. The van der Waals surface area contributed by atoms with Gasteiger partial charge in [0.2, 0.25) is 5.96 Å². The van der Waals surface area contributed by atoms with Crippen molar-refractivity contribution in [1.82, 2.24) is 19.9 Å². The van der Waals surface area contributed by atoms with Crippen molar-refractivity contribution in [1.29, 1.82) is 0 Å². The predicted molar refractivity (Wildman–Crippen MR) is 124 cm³/mol. The van der Waals surface area contributed by atoms with E-state index in [4.69, 9.17) is 10.5 Å². The number of hydrogen-bond acceptors (Lipinski definition) is 5. The Kier molecular flexibility index (Phi) is 8.93. The van der Waals surface area contributed by atoms with Gasteiger partial charge >= 0.3 is 6.09 Å². The largest absolute Gasteiger partial charge is 0.449 e. The lowest BCUT2D eigenvalue weighted by molar-refractivity contribution is 0.127. The van der Waals surface area contributed by atoms with Crippen molar-refractivity contribution in [3.05, 3.63) is 84.0 Å². The summed E-state index contributed by atoms with van der Waals surface area (Å²) in [6.07, 6.45) is 6.55. The van der Waals surface area contributed by atoms with Crippen LogP contribution in [0.3, 0.4) is 0 Å². The smallest absolute Gasteiger partial charge is 0.416 e. The van der Waals surface area contributed by atoms with Crippen LogP contribution in [0.2, 0.25) is 0 Å². The summed E-state index contributed by atoms with van der Waals surface area (Å²) in [4.78, 5) is 29.7. The highest BCUT2D eigenvalue weighted by atomic mass is 19.1. The van der Waals surface area contributed by atoms with E-state index in [1.165, 1.54) is 17.0 Å². The summed E-state index contributed by atoms with van der Waals surface area (Å²) in [5.74, 6) is -0.266. The van der Waals surface area contributed by atoms with E-state index in [1.54, 1.807) is 37.8 Å². The molecule has 9 heteroatoms. The summed E-state index contributed by atoms with van der Waals surface area (Å²) in [7, 11) is 0. The Morgan fingerprint density at radius 3 is 2.76 bits per heavy atom. The fourth-order valence-electron chi connectivity index (χ4n) is 3.51. The molecule has 0 fully saturated rings. The molecule has 3 aromatic rings. The number of ether oxygens (including phenoxy) is 1. The summed E-state index contributed by atoms with van der Waals surface area (Å²) in [6, 6.07) is 12.1. The molecule has 174 valence electrons. The minimum Gasteiger partial charge on any atom is -0.449 e. The van der Waals surface area contributed by atoms with E-state index in [2.05, 4.69) is 19.9 Å². The average Bonchev–Trinajstić information content (AvgIpc) is 3.34. The standard InChI is InChI=1S/C24H29FN6O2/c1-2-33-24(32)31(15-5-6-20-16-27-17-30-20)23(26)29-14-12-21(22-7-3-4-13-28-22)18-8-10-19(25)11-9-18/h3-4,7-11,13,16-17,21H,2,5-6,12,14-15H2,1H3,(H2,26,29)(H,27,30). The number of aliphatic imine (C=N–C) groups is 1. The molecular formula is C24H29FN6O2. The number of hydrogen-bond donors (Lipinski definition) is 2. The van der Waals surface area contributed by atoms with E-state index in [0.717, 1.165) is 23.4 Å². The number of rotatable bonds is 10. The maximum Gasteiger partial charge on any atom is 0.416 e. The number of H-pyrrole nitrogens is 1. The number of nitrogens with two attached hydrogens (primary N) is 1. The number of imidazole rings is 1. The quantitative estimate of drug-likeness (QED) is 0.358. The molecule has 8 nitrogen and oxygen atoms in total. The molecule has 1 amide bonds. The number of benzene rings is 1. The molecule has 0 radical (unpaired) electrons. The molecule has 2 aromatic heterocycles. The number of aromatic nitrogens is 3. The molecule has 0 spiro atoms. The monoisotopic (exact) mass is 452 g/mol. The molecule has 1 unspecified atom stereocenters. The Morgan fingerprint density at radius 1 is 1.27 bits per heavy atom. The Morgan fingerprint density at radius 2 is 2.09 bits per heavy atom. The maximum atomic E-state index is 13.4. The molecule has 3 rings (SSSR count). The van der Waals surface area contributed by atoms with Crippen molar-refractivity contribution in [3.63, 3.8) is 0 Å². The van der Waals surface area contributed by atoms with Crippen LogP contribution in [0.4, 0.5) is 9.18 Å². The number of halogens is 1. The number of carbonyl (C=O) groups excluding carboxylic acids is 1. The lowest BCUT2D eigenvalue weighted by atomic mass is 9.92. The first-order valence-corrected chi connectivity index (χ1v) is 11.0. The zero-order chi connectivity index (χ0) is 23.5. The SMILES string of the molecule is CCOC(=O)N(CCCc1cnc[nH]1)C(N)=NCCC(c1ccc(F)cc1)c1ccccn1. The molecule has 0 bridgehead atoms. The van der Waals surface area contributed by atoms with Gasteiger partial charge in [0.1, 0.15) is 5.82 Å². The molecule has 1 atom stereocenters. The summed E-state index contributed by atoms with van der Waals surface area (Å²) in [5, 5.41) is 0. The zero-order valence-electron chi connectivity index (χ0n) is 18.7. The summed E-state index contributed by atoms with van der Waals surface area (Å²) in [6.45, 7) is 2.72. The van der Waals surface area contributed by atoms with Crippen LogP contribution in [-0.2, 0) is 11.2 Å². The Labute approximate surface area is 192 Å². The number of nitrogens with zero attached hydrogens (tertiary/aromatic N) is 4. The first-order chi connectivity index (χ1) is 16.1.